The summed E-state index contributed by atoms with van der Waals surface area (Å²) >= 11 is 3.36. The molecule has 3 nitrogen and oxygen atoms in total. The average Bonchev–Trinajstić information content (AvgIpc) is 2.57. The number of nitrogens with zero attached hydrogens (tertiary/aromatic N) is 2. The van der Waals surface area contributed by atoms with Crippen LogP contribution in [0, 0.1) is 6.92 Å². The zero-order valence-electron chi connectivity index (χ0n) is 7.74. The Morgan fingerprint density at radius 3 is 2.79 bits per heavy atom. The van der Waals surface area contributed by atoms with Crippen LogP contribution in [0.2, 0.25) is 0 Å². The quantitative estimate of drug-likeness (QED) is 0.792. The summed E-state index contributed by atoms with van der Waals surface area (Å²) in [5.74, 6) is 0.951. The third-order valence-electron chi connectivity index (χ3n) is 2.08. The predicted molar refractivity (Wildman–Crippen MR) is 60.4 cm³/mol. The van der Waals surface area contributed by atoms with E-state index in [2.05, 4.69) is 20.9 Å². The zero-order valence-corrected chi connectivity index (χ0v) is 9.32. The number of nitrogen functional groups attached to an aromatic ring is 1. The smallest absolute Gasteiger partial charge is 0.110 e. The van der Waals surface area contributed by atoms with Crippen molar-refractivity contribution in [2.24, 2.45) is 0 Å². The van der Waals surface area contributed by atoms with Gasteiger partial charge in [0.15, 0.2) is 0 Å². The Morgan fingerprint density at radius 1 is 1.43 bits per heavy atom. The molecule has 1 aromatic heterocycles. The normalized spacial score (nSPS) is 10.4. The van der Waals surface area contributed by atoms with Crippen molar-refractivity contribution in [2.45, 2.75) is 6.92 Å². The number of benzene rings is 1. The Morgan fingerprint density at radius 2 is 2.21 bits per heavy atom. The minimum Gasteiger partial charge on any atom is -0.398 e. The van der Waals surface area contributed by atoms with Gasteiger partial charge in [0.1, 0.15) is 5.82 Å². The van der Waals surface area contributed by atoms with Crippen LogP contribution in [-0.2, 0) is 0 Å². The Hall–Kier alpha value is -1.29. The van der Waals surface area contributed by atoms with E-state index in [1.165, 1.54) is 0 Å². The molecule has 0 atom stereocenters. The van der Waals surface area contributed by atoms with Crippen molar-refractivity contribution in [2.75, 3.05) is 5.73 Å². The highest BCUT2D eigenvalue weighted by atomic mass is 79.9. The van der Waals surface area contributed by atoms with Crippen molar-refractivity contribution >= 4 is 21.6 Å². The molecule has 0 saturated carbocycles. The van der Waals surface area contributed by atoms with Gasteiger partial charge in [0.25, 0.3) is 0 Å². The molecule has 2 aromatic rings. The molecule has 0 fully saturated rings. The summed E-state index contributed by atoms with van der Waals surface area (Å²) in [7, 11) is 0. The summed E-state index contributed by atoms with van der Waals surface area (Å²) in [4.78, 5) is 4.16. The van der Waals surface area contributed by atoms with E-state index in [0.29, 0.717) is 0 Å². The van der Waals surface area contributed by atoms with Crippen molar-refractivity contribution in [3.63, 3.8) is 0 Å². The van der Waals surface area contributed by atoms with Crippen LogP contribution < -0.4 is 5.73 Å². The fourth-order valence-electron chi connectivity index (χ4n) is 1.33. The molecular weight excluding hydrogens is 242 g/mol. The molecule has 2 N–H and O–H groups in total. The maximum absolute atomic E-state index is 5.80. The first-order valence-electron chi connectivity index (χ1n) is 4.24. The van der Waals surface area contributed by atoms with Gasteiger partial charge in [0.05, 0.1) is 0 Å². The molecule has 0 unspecified atom stereocenters. The lowest BCUT2D eigenvalue weighted by Crippen LogP contribution is -1.97. The van der Waals surface area contributed by atoms with Crippen LogP contribution in [-0.4, -0.2) is 9.55 Å². The highest BCUT2D eigenvalue weighted by molar-refractivity contribution is 9.10. The predicted octanol–water partition coefficient (Wildman–Crippen LogP) is 2.53. The van der Waals surface area contributed by atoms with Crippen LogP contribution >= 0.6 is 15.9 Å². The van der Waals surface area contributed by atoms with E-state index in [4.69, 9.17) is 5.73 Å². The lowest BCUT2D eigenvalue weighted by atomic mass is 10.3. The molecule has 72 valence electrons. The van der Waals surface area contributed by atoms with E-state index < -0.39 is 0 Å². The molecule has 0 aliphatic carbocycles. The first kappa shape index (κ1) is 9.27. The van der Waals surface area contributed by atoms with Gasteiger partial charge in [-0.15, -0.1) is 0 Å². The van der Waals surface area contributed by atoms with Crippen LogP contribution in [0.4, 0.5) is 5.69 Å². The standard InChI is InChI=1S/C10H10BrN3/c1-7-13-4-5-14(7)8-2-3-9(11)10(12)6-8/h2-6H,12H2,1H3. The minimum absolute atomic E-state index is 0.732. The lowest BCUT2D eigenvalue weighted by molar-refractivity contribution is 0.975. The van der Waals surface area contributed by atoms with Crippen LogP contribution in [0.1, 0.15) is 5.82 Å². The number of aryl methyl sites for hydroxylation is 1. The summed E-state index contributed by atoms with van der Waals surface area (Å²) in [5, 5.41) is 0. The van der Waals surface area contributed by atoms with Gasteiger partial charge in [-0.25, -0.2) is 4.98 Å². The zero-order chi connectivity index (χ0) is 10.1. The second kappa shape index (κ2) is 3.46. The summed E-state index contributed by atoms with van der Waals surface area (Å²) in [6, 6.07) is 5.85. The average molecular weight is 252 g/mol. The number of aromatic nitrogens is 2. The highest BCUT2D eigenvalue weighted by Gasteiger charge is 2.02. The summed E-state index contributed by atoms with van der Waals surface area (Å²) in [5.41, 5.74) is 7.56. The third-order valence-corrected chi connectivity index (χ3v) is 2.81. The number of rotatable bonds is 1. The Balaban J connectivity index is 2.53. The molecular formula is C10H10BrN3. The topological polar surface area (TPSA) is 43.8 Å². The van der Waals surface area contributed by atoms with Gasteiger partial charge in [-0.3, -0.25) is 0 Å². The van der Waals surface area contributed by atoms with Crippen molar-refractivity contribution in [3.05, 3.63) is 40.9 Å². The number of nitrogens with two attached hydrogens (primary N) is 1. The van der Waals surface area contributed by atoms with Crippen LogP contribution in [0.3, 0.4) is 0 Å². The number of anilines is 1. The maximum atomic E-state index is 5.80. The summed E-state index contributed by atoms with van der Waals surface area (Å²) in [6.45, 7) is 1.96. The fourth-order valence-corrected chi connectivity index (χ4v) is 1.58. The lowest BCUT2D eigenvalue weighted by Gasteiger charge is -2.06. The van der Waals surface area contributed by atoms with Gasteiger partial charge in [0, 0.05) is 28.2 Å². The monoisotopic (exact) mass is 251 g/mol. The largest absolute Gasteiger partial charge is 0.398 e. The van der Waals surface area contributed by atoms with Crippen molar-refractivity contribution in [3.8, 4) is 5.69 Å². The molecule has 0 aliphatic heterocycles. The summed E-state index contributed by atoms with van der Waals surface area (Å²) in [6.07, 6.45) is 3.69. The number of halogens is 1. The second-order valence-corrected chi connectivity index (χ2v) is 3.90. The molecule has 2 rings (SSSR count). The Bertz CT molecular complexity index is 462. The van der Waals surface area contributed by atoms with E-state index in [1.807, 2.05) is 35.9 Å². The number of imidazole rings is 1. The van der Waals surface area contributed by atoms with E-state index in [-0.39, 0.29) is 0 Å². The van der Waals surface area contributed by atoms with Gasteiger partial charge < -0.3 is 10.3 Å². The second-order valence-electron chi connectivity index (χ2n) is 3.05. The first-order valence-corrected chi connectivity index (χ1v) is 5.03. The van der Waals surface area contributed by atoms with Gasteiger partial charge >= 0.3 is 0 Å². The SMILES string of the molecule is Cc1nccn1-c1ccc(Br)c(N)c1. The molecule has 0 amide bonds. The van der Waals surface area contributed by atoms with E-state index >= 15 is 0 Å². The molecule has 0 spiro atoms. The fraction of sp³-hybridized carbons (Fsp3) is 0.100. The van der Waals surface area contributed by atoms with E-state index in [9.17, 15) is 0 Å². The van der Waals surface area contributed by atoms with E-state index in [0.717, 1.165) is 21.7 Å². The van der Waals surface area contributed by atoms with Crippen LogP contribution in [0.25, 0.3) is 5.69 Å². The van der Waals surface area contributed by atoms with Crippen LogP contribution in [0.15, 0.2) is 35.1 Å². The third kappa shape index (κ3) is 1.53. The van der Waals surface area contributed by atoms with E-state index in [1.54, 1.807) is 6.20 Å². The molecule has 0 bridgehead atoms. The molecule has 0 aliphatic rings. The highest BCUT2D eigenvalue weighted by Crippen LogP contribution is 2.22. The van der Waals surface area contributed by atoms with Crippen molar-refractivity contribution < 1.29 is 0 Å². The van der Waals surface area contributed by atoms with Gasteiger partial charge in [0.2, 0.25) is 0 Å². The molecule has 4 heteroatoms. The van der Waals surface area contributed by atoms with Gasteiger partial charge in [-0.05, 0) is 41.1 Å². The van der Waals surface area contributed by atoms with Crippen LogP contribution in [0.5, 0.6) is 0 Å². The number of hydrogen-bond acceptors (Lipinski definition) is 2. The minimum atomic E-state index is 0.732. The molecule has 1 heterocycles. The Kier molecular flexibility index (Phi) is 2.29. The Labute approximate surface area is 90.7 Å². The molecule has 0 saturated heterocycles. The van der Waals surface area contributed by atoms with Gasteiger partial charge in [-0.2, -0.15) is 0 Å². The van der Waals surface area contributed by atoms with Crippen molar-refractivity contribution in [1.82, 2.24) is 9.55 Å². The number of hydrogen-bond donors (Lipinski definition) is 1. The molecule has 14 heavy (non-hydrogen) atoms. The molecule has 0 radical (unpaired) electrons. The summed E-state index contributed by atoms with van der Waals surface area (Å²) < 4.78 is 2.90. The van der Waals surface area contributed by atoms with Gasteiger partial charge in [-0.1, -0.05) is 0 Å². The maximum Gasteiger partial charge on any atom is 0.110 e. The first-order chi connectivity index (χ1) is 6.68. The molecule has 1 aromatic carbocycles. The van der Waals surface area contributed by atoms with Crippen molar-refractivity contribution in [1.29, 1.82) is 0 Å².